The number of benzene rings is 1. The lowest BCUT2D eigenvalue weighted by atomic mass is 10.1. The smallest absolute Gasteiger partial charge is 0.191 e. The van der Waals surface area contributed by atoms with Crippen LogP contribution in [0.3, 0.4) is 0 Å². The second kappa shape index (κ2) is 11.8. The van der Waals surface area contributed by atoms with Crippen molar-refractivity contribution in [1.29, 1.82) is 0 Å². The van der Waals surface area contributed by atoms with E-state index < -0.39 is 0 Å². The van der Waals surface area contributed by atoms with Crippen LogP contribution in [0.4, 0.5) is 0 Å². The molecule has 120 valence electrons. The molecule has 0 aromatic heterocycles. The minimum atomic E-state index is -0.00696. The Bertz CT molecular complexity index is 401. The molecule has 2 N–H and O–H groups in total. The molecule has 21 heavy (non-hydrogen) atoms. The highest BCUT2D eigenvalue weighted by Gasteiger charge is 2.11. The lowest BCUT2D eigenvalue weighted by Crippen LogP contribution is -2.45. The maximum Gasteiger partial charge on any atom is 0.191 e. The van der Waals surface area contributed by atoms with Crippen LogP contribution in [0.5, 0.6) is 0 Å². The zero-order valence-corrected chi connectivity index (χ0v) is 15.5. The minimum absolute atomic E-state index is 0. The van der Waals surface area contributed by atoms with E-state index >= 15 is 0 Å². The molecule has 0 radical (unpaired) electrons. The first kappa shape index (κ1) is 20.1. The van der Waals surface area contributed by atoms with Gasteiger partial charge in [-0.25, -0.2) is 0 Å². The Morgan fingerprint density at radius 1 is 1.24 bits per heavy atom. The SMILES string of the molecule is CN=C(NCC(OC)c1ccccc1)NC(C)COC.I. The van der Waals surface area contributed by atoms with Crippen molar-refractivity contribution in [3.63, 3.8) is 0 Å². The molecule has 1 aromatic rings. The van der Waals surface area contributed by atoms with E-state index in [0.717, 1.165) is 11.5 Å². The molecule has 0 amide bonds. The van der Waals surface area contributed by atoms with Gasteiger partial charge < -0.3 is 20.1 Å². The van der Waals surface area contributed by atoms with Crippen LogP contribution < -0.4 is 10.6 Å². The minimum Gasteiger partial charge on any atom is -0.383 e. The van der Waals surface area contributed by atoms with Gasteiger partial charge in [0.05, 0.1) is 12.7 Å². The molecule has 6 heteroatoms. The first-order valence-corrected chi connectivity index (χ1v) is 6.75. The number of halogens is 1. The summed E-state index contributed by atoms with van der Waals surface area (Å²) in [5, 5.41) is 6.52. The van der Waals surface area contributed by atoms with E-state index in [1.54, 1.807) is 21.3 Å². The number of guanidine groups is 1. The number of nitrogens with one attached hydrogen (secondary N) is 2. The average molecular weight is 407 g/mol. The fourth-order valence-electron chi connectivity index (χ4n) is 1.91. The average Bonchev–Trinajstić information content (AvgIpc) is 2.48. The van der Waals surface area contributed by atoms with E-state index in [4.69, 9.17) is 9.47 Å². The Morgan fingerprint density at radius 2 is 1.90 bits per heavy atom. The fraction of sp³-hybridized carbons (Fsp3) is 0.533. The summed E-state index contributed by atoms with van der Waals surface area (Å²) >= 11 is 0. The number of methoxy groups -OCH3 is 2. The molecule has 2 unspecified atom stereocenters. The molecule has 0 fully saturated rings. The van der Waals surface area contributed by atoms with E-state index in [1.807, 2.05) is 25.1 Å². The van der Waals surface area contributed by atoms with Gasteiger partial charge in [0.15, 0.2) is 5.96 Å². The molecule has 0 heterocycles. The van der Waals surface area contributed by atoms with Crippen molar-refractivity contribution in [2.24, 2.45) is 4.99 Å². The molecule has 0 aliphatic carbocycles. The van der Waals surface area contributed by atoms with Crippen LogP contribution in [0.15, 0.2) is 35.3 Å². The Balaban J connectivity index is 0.00000400. The highest BCUT2D eigenvalue weighted by atomic mass is 127. The van der Waals surface area contributed by atoms with E-state index in [0.29, 0.717) is 13.2 Å². The molecule has 0 bridgehead atoms. The zero-order valence-electron chi connectivity index (χ0n) is 13.1. The largest absolute Gasteiger partial charge is 0.383 e. The third kappa shape index (κ3) is 7.63. The molecule has 0 saturated heterocycles. The van der Waals surface area contributed by atoms with E-state index in [2.05, 4.69) is 27.8 Å². The third-order valence-electron chi connectivity index (χ3n) is 2.93. The predicted octanol–water partition coefficient (Wildman–Crippen LogP) is 2.19. The van der Waals surface area contributed by atoms with E-state index in [-0.39, 0.29) is 36.1 Å². The van der Waals surface area contributed by atoms with Crippen LogP contribution in [0.2, 0.25) is 0 Å². The monoisotopic (exact) mass is 407 g/mol. The van der Waals surface area contributed by atoms with Gasteiger partial charge in [-0.1, -0.05) is 30.3 Å². The molecular weight excluding hydrogens is 381 g/mol. The molecule has 5 nitrogen and oxygen atoms in total. The summed E-state index contributed by atoms with van der Waals surface area (Å²) in [6.07, 6.45) is -0.00696. The lowest BCUT2D eigenvalue weighted by molar-refractivity contribution is 0.106. The van der Waals surface area contributed by atoms with Crippen molar-refractivity contribution in [1.82, 2.24) is 10.6 Å². The van der Waals surface area contributed by atoms with E-state index in [1.165, 1.54) is 0 Å². The van der Waals surface area contributed by atoms with Crippen molar-refractivity contribution < 1.29 is 9.47 Å². The van der Waals surface area contributed by atoms with Gasteiger partial charge in [0, 0.05) is 33.9 Å². The molecule has 0 aliphatic rings. The number of hydrogen-bond acceptors (Lipinski definition) is 3. The molecule has 2 atom stereocenters. The standard InChI is InChI=1S/C15H25N3O2.HI/c1-12(11-19-3)18-15(16-2)17-10-14(20-4)13-8-6-5-7-9-13;/h5-9,12,14H,10-11H2,1-4H3,(H2,16,17,18);1H. The summed E-state index contributed by atoms with van der Waals surface area (Å²) in [6.45, 7) is 3.33. The normalized spacial score (nSPS) is 14.0. The number of ether oxygens (including phenoxy) is 2. The highest BCUT2D eigenvalue weighted by molar-refractivity contribution is 14.0. The van der Waals surface area contributed by atoms with Crippen molar-refractivity contribution in [2.45, 2.75) is 19.1 Å². The summed E-state index contributed by atoms with van der Waals surface area (Å²) in [5.41, 5.74) is 1.14. The van der Waals surface area contributed by atoms with E-state index in [9.17, 15) is 0 Å². The van der Waals surface area contributed by atoms with Crippen LogP contribution in [-0.2, 0) is 9.47 Å². The van der Waals surface area contributed by atoms with Crippen molar-refractivity contribution in [3.05, 3.63) is 35.9 Å². The van der Waals surface area contributed by atoms with Crippen LogP contribution in [0.1, 0.15) is 18.6 Å². The van der Waals surface area contributed by atoms with Gasteiger partial charge in [-0.3, -0.25) is 4.99 Å². The Labute approximate surface area is 144 Å². The van der Waals surface area contributed by atoms with Gasteiger partial charge >= 0.3 is 0 Å². The molecule has 0 saturated carbocycles. The van der Waals surface area contributed by atoms with Crippen molar-refractivity contribution >= 4 is 29.9 Å². The van der Waals surface area contributed by atoms with Crippen molar-refractivity contribution in [3.8, 4) is 0 Å². The summed E-state index contributed by atoms with van der Waals surface area (Å²) in [7, 11) is 5.15. The van der Waals surface area contributed by atoms with Crippen LogP contribution in [-0.4, -0.2) is 46.4 Å². The molecule has 0 spiro atoms. The molecule has 1 aromatic carbocycles. The second-order valence-corrected chi connectivity index (χ2v) is 4.59. The first-order chi connectivity index (χ1) is 9.71. The number of hydrogen-bond donors (Lipinski definition) is 2. The van der Waals surface area contributed by atoms with Gasteiger partial charge in [0.2, 0.25) is 0 Å². The maximum absolute atomic E-state index is 5.51. The fourth-order valence-corrected chi connectivity index (χ4v) is 1.91. The topological polar surface area (TPSA) is 54.9 Å². The first-order valence-electron chi connectivity index (χ1n) is 6.75. The van der Waals surface area contributed by atoms with Gasteiger partial charge in [0.1, 0.15) is 0 Å². The van der Waals surface area contributed by atoms with Gasteiger partial charge in [-0.15, -0.1) is 24.0 Å². The van der Waals surface area contributed by atoms with Crippen LogP contribution in [0, 0.1) is 0 Å². The quantitative estimate of drug-likeness (QED) is 0.414. The van der Waals surface area contributed by atoms with Crippen molar-refractivity contribution in [2.75, 3.05) is 34.4 Å². The Hall–Kier alpha value is -0.860. The number of nitrogens with zero attached hydrogens (tertiary/aromatic N) is 1. The third-order valence-corrected chi connectivity index (χ3v) is 2.93. The lowest BCUT2D eigenvalue weighted by Gasteiger charge is -2.21. The van der Waals surface area contributed by atoms with Gasteiger partial charge in [-0.05, 0) is 12.5 Å². The van der Waals surface area contributed by atoms with Crippen LogP contribution in [0.25, 0.3) is 0 Å². The van der Waals surface area contributed by atoms with Gasteiger partial charge in [0.25, 0.3) is 0 Å². The highest BCUT2D eigenvalue weighted by Crippen LogP contribution is 2.14. The Morgan fingerprint density at radius 3 is 2.43 bits per heavy atom. The summed E-state index contributed by atoms with van der Waals surface area (Å²) in [4.78, 5) is 4.19. The summed E-state index contributed by atoms with van der Waals surface area (Å²) in [5.74, 6) is 0.743. The molecular formula is C15H26IN3O2. The second-order valence-electron chi connectivity index (χ2n) is 4.59. The maximum atomic E-state index is 5.51. The zero-order chi connectivity index (χ0) is 14.8. The summed E-state index contributed by atoms with van der Waals surface area (Å²) in [6, 6.07) is 10.3. The predicted molar refractivity (Wildman–Crippen MR) is 97.4 cm³/mol. The Kier molecular flexibility index (Phi) is 11.3. The van der Waals surface area contributed by atoms with Crippen LogP contribution >= 0.6 is 24.0 Å². The van der Waals surface area contributed by atoms with Gasteiger partial charge in [-0.2, -0.15) is 0 Å². The number of aliphatic imine (C=N–C) groups is 1. The molecule has 0 aliphatic heterocycles. The molecule has 1 rings (SSSR count). The summed E-state index contributed by atoms with van der Waals surface area (Å²) < 4.78 is 10.6. The number of rotatable bonds is 7.